The van der Waals surface area contributed by atoms with Crippen LogP contribution in [0.15, 0.2) is 18.2 Å². The Morgan fingerprint density at radius 1 is 1.11 bits per heavy atom. The highest BCUT2D eigenvalue weighted by atomic mass is 16.3. The molecule has 1 aromatic rings. The minimum absolute atomic E-state index is 0.0804. The number of benzene rings is 1. The molecular weight excluding hydrogens is 246 g/mol. The first-order valence-electron chi connectivity index (χ1n) is 6.31. The van der Waals surface area contributed by atoms with Crippen LogP contribution in [0.25, 0.3) is 0 Å². The van der Waals surface area contributed by atoms with Crippen molar-refractivity contribution in [3.05, 3.63) is 23.8 Å². The second-order valence-electron chi connectivity index (χ2n) is 5.65. The van der Waals surface area contributed by atoms with E-state index in [9.17, 15) is 20.4 Å². The predicted octanol–water partition coefficient (Wildman–Crippen LogP) is 1.27. The standard InChI is InChI=1S/C14H23NO4/c1-8(2)15-13(14(3,4)19)12(18)9-5-6-10(16)11(17)7-9/h5-8,12-13,15-19H,1-4H3. The number of rotatable bonds is 5. The Hall–Kier alpha value is -1.30. The van der Waals surface area contributed by atoms with Crippen molar-refractivity contribution in [3.8, 4) is 11.5 Å². The third kappa shape index (κ3) is 4.09. The molecule has 0 aliphatic carbocycles. The van der Waals surface area contributed by atoms with Gasteiger partial charge >= 0.3 is 0 Å². The van der Waals surface area contributed by atoms with Gasteiger partial charge in [0.2, 0.25) is 0 Å². The van der Waals surface area contributed by atoms with Crippen molar-refractivity contribution in [3.63, 3.8) is 0 Å². The Morgan fingerprint density at radius 2 is 1.68 bits per heavy atom. The normalized spacial score (nSPS) is 15.5. The van der Waals surface area contributed by atoms with Gasteiger partial charge in [0, 0.05) is 6.04 Å². The van der Waals surface area contributed by atoms with Crippen LogP contribution in [0.4, 0.5) is 0 Å². The van der Waals surface area contributed by atoms with Gasteiger partial charge in [-0.15, -0.1) is 0 Å². The molecule has 5 N–H and O–H groups in total. The molecule has 1 rings (SSSR count). The molecule has 0 heterocycles. The van der Waals surface area contributed by atoms with E-state index in [1.54, 1.807) is 13.8 Å². The lowest BCUT2D eigenvalue weighted by Gasteiger charge is -2.35. The van der Waals surface area contributed by atoms with E-state index in [0.29, 0.717) is 5.56 Å². The van der Waals surface area contributed by atoms with E-state index >= 15 is 0 Å². The van der Waals surface area contributed by atoms with E-state index in [1.807, 2.05) is 13.8 Å². The van der Waals surface area contributed by atoms with E-state index in [1.165, 1.54) is 18.2 Å². The van der Waals surface area contributed by atoms with Gasteiger partial charge in [-0.2, -0.15) is 0 Å². The molecule has 2 unspecified atom stereocenters. The first-order valence-corrected chi connectivity index (χ1v) is 6.31. The SMILES string of the molecule is CC(C)NC(C(O)c1ccc(O)c(O)c1)C(C)(C)O. The average molecular weight is 269 g/mol. The zero-order chi connectivity index (χ0) is 14.8. The van der Waals surface area contributed by atoms with Gasteiger partial charge in [-0.3, -0.25) is 0 Å². The van der Waals surface area contributed by atoms with Crippen LogP contribution in [0, 0.1) is 0 Å². The molecule has 5 heteroatoms. The monoisotopic (exact) mass is 269 g/mol. The van der Waals surface area contributed by atoms with E-state index in [4.69, 9.17) is 0 Å². The van der Waals surface area contributed by atoms with E-state index in [2.05, 4.69) is 5.32 Å². The van der Waals surface area contributed by atoms with Crippen LogP contribution in [0.1, 0.15) is 39.4 Å². The zero-order valence-electron chi connectivity index (χ0n) is 11.8. The summed E-state index contributed by atoms with van der Waals surface area (Å²) in [6, 6.07) is 3.60. The molecule has 5 nitrogen and oxygen atoms in total. The Labute approximate surface area is 113 Å². The van der Waals surface area contributed by atoms with Crippen LogP contribution in [-0.4, -0.2) is 38.1 Å². The third-order valence-corrected chi connectivity index (χ3v) is 2.93. The fourth-order valence-electron chi connectivity index (χ4n) is 1.96. The maximum Gasteiger partial charge on any atom is 0.157 e. The maximum atomic E-state index is 10.4. The van der Waals surface area contributed by atoms with E-state index < -0.39 is 17.7 Å². The highest BCUT2D eigenvalue weighted by molar-refractivity contribution is 5.41. The Bertz CT molecular complexity index is 426. The topological polar surface area (TPSA) is 93.0 Å². The zero-order valence-corrected chi connectivity index (χ0v) is 11.8. The molecule has 108 valence electrons. The van der Waals surface area contributed by atoms with Gasteiger partial charge in [0.15, 0.2) is 11.5 Å². The molecule has 0 saturated carbocycles. The minimum atomic E-state index is -1.14. The lowest BCUT2D eigenvalue weighted by atomic mass is 9.89. The molecule has 2 atom stereocenters. The number of aliphatic hydroxyl groups excluding tert-OH is 1. The molecule has 19 heavy (non-hydrogen) atoms. The van der Waals surface area contributed by atoms with Gasteiger partial charge in [0.05, 0.1) is 17.7 Å². The van der Waals surface area contributed by atoms with Gasteiger partial charge < -0.3 is 25.7 Å². The molecule has 0 aromatic heterocycles. The lowest BCUT2D eigenvalue weighted by molar-refractivity contribution is -0.0249. The Morgan fingerprint density at radius 3 is 2.11 bits per heavy atom. The molecule has 0 spiro atoms. The summed E-state index contributed by atoms with van der Waals surface area (Å²) in [4.78, 5) is 0. The average Bonchev–Trinajstić information content (AvgIpc) is 2.27. The smallest absolute Gasteiger partial charge is 0.157 e. The summed E-state index contributed by atoms with van der Waals surface area (Å²) >= 11 is 0. The largest absolute Gasteiger partial charge is 0.504 e. The van der Waals surface area contributed by atoms with Crippen molar-refractivity contribution in [1.82, 2.24) is 5.32 Å². The summed E-state index contributed by atoms with van der Waals surface area (Å²) in [6.45, 7) is 7.05. The quantitative estimate of drug-likeness (QED) is 0.519. The predicted molar refractivity (Wildman–Crippen MR) is 73.1 cm³/mol. The maximum absolute atomic E-state index is 10.4. The summed E-state index contributed by atoms with van der Waals surface area (Å²) in [5, 5.41) is 42.4. The van der Waals surface area contributed by atoms with Crippen molar-refractivity contribution in [2.24, 2.45) is 0 Å². The molecule has 0 aliphatic rings. The van der Waals surface area contributed by atoms with Crippen molar-refractivity contribution in [2.75, 3.05) is 0 Å². The van der Waals surface area contributed by atoms with E-state index in [0.717, 1.165) is 0 Å². The van der Waals surface area contributed by atoms with Crippen molar-refractivity contribution >= 4 is 0 Å². The van der Waals surface area contributed by atoms with Crippen LogP contribution in [0.2, 0.25) is 0 Å². The highest BCUT2D eigenvalue weighted by Crippen LogP contribution is 2.31. The molecule has 0 aliphatic heterocycles. The lowest BCUT2D eigenvalue weighted by Crippen LogP contribution is -2.52. The van der Waals surface area contributed by atoms with Gasteiger partial charge in [-0.25, -0.2) is 0 Å². The summed E-state index contributed by atoms with van der Waals surface area (Å²) in [5.41, 5.74) is -0.715. The first-order chi connectivity index (χ1) is 8.62. The molecule has 0 fully saturated rings. The fourth-order valence-corrected chi connectivity index (χ4v) is 1.96. The minimum Gasteiger partial charge on any atom is -0.504 e. The summed E-state index contributed by atoms with van der Waals surface area (Å²) in [5.74, 6) is -0.539. The number of phenols is 2. The van der Waals surface area contributed by atoms with Gasteiger partial charge in [0.1, 0.15) is 0 Å². The van der Waals surface area contributed by atoms with E-state index in [-0.39, 0.29) is 17.5 Å². The number of hydrogen-bond acceptors (Lipinski definition) is 5. The second-order valence-corrected chi connectivity index (χ2v) is 5.65. The molecule has 0 amide bonds. The first kappa shape index (κ1) is 15.8. The Kier molecular flexibility index (Phi) is 4.79. The molecule has 0 bridgehead atoms. The van der Waals surface area contributed by atoms with Crippen LogP contribution in [-0.2, 0) is 0 Å². The Balaban J connectivity index is 3.04. The van der Waals surface area contributed by atoms with Crippen LogP contribution in [0.3, 0.4) is 0 Å². The van der Waals surface area contributed by atoms with Crippen molar-refractivity contribution < 1.29 is 20.4 Å². The van der Waals surface area contributed by atoms with Gasteiger partial charge in [-0.1, -0.05) is 19.9 Å². The number of aromatic hydroxyl groups is 2. The highest BCUT2D eigenvalue weighted by Gasteiger charge is 2.34. The summed E-state index contributed by atoms with van der Waals surface area (Å²) < 4.78 is 0. The second kappa shape index (κ2) is 5.77. The van der Waals surface area contributed by atoms with Crippen LogP contribution < -0.4 is 5.32 Å². The van der Waals surface area contributed by atoms with Crippen molar-refractivity contribution in [2.45, 2.75) is 51.5 Å². The molecule has 0 radical (unpaired) electrons. The summed E-state index contributed by atoms with van der Waals surface area (Å²) in [6.07, 6.45) is -1.01. The summed E-state index contributed by atoms with van der Waals surface area (Å²) in [7, 11) is 0. The molecule has 1 aromatic carbocycles. The third-order valence-electron chi connectivity index (χ3n) is 2.93. The number of nitrogens with one attached hydrogen (secondary N) is 1. The van der Waals surface area contributed by atoms with Gasteiger partial charge in [-0.05, 0) is 31.5 Å². The fraction of sp³-hybridized carbons (Fsp3) is 0.571. The number of aliphatic hydroxyl groups is 2. The van der Waals surface area contributed by atoms with Crippen LogP contribution in [0.5, 0.6) is 11.5 Å². The van der Waals surface area contributed by atoms with Crippen molar-refractivity contribution in [1.29, 1.82) is 0 Å². The van der Waals surface area contributed by atoms with Gasteiger partial charge in [0.25, 0.3) is 0 Å². The molecule has 0 saturated heterocycles. The molecular formula is C14H23NO4. The number of phenolic OH excluding ortho intramolecular Hbond substituents is 2. The number of hydrogen-bond donors (Lipinski definition) is 5. The van der Waals surface area contributed by atoms with Crippen LogP contribution >= 0.6 is 0 Å².